The van der Waals surface area contributed by atoms with Gasteiger partial charge in [0.1, 0.15) is 11.7 Å². The third-order valence-corrected chi connectivity index (χ3v) is 3.32. The molecule has 1 fully saturated rings. The Balaban J connectivity index is 2.07. The lowest BCUT2D eigenvalue weighted by Gasteiger charge is -2.30. The largest absolute Gasteiger partial charge is 0.461 e. The SMILES string of the molecule is CC(C)(C)OC(=O)N1CCC[C@H]1[C@H](O)C(=O)c1ccco1. The van der Waals surface area contributed by atoms with Crippen molar-refractivity contribution in [3.8, 4) is 0 Å². The molecule has 0 bridgehead atoms. The van der Waals surface area contributed by atoms with Crippen LogP contribution < -0.4 is 0 Å². The van der Waals surface area contributed by atoms with Gasteiger partial charge in [0, 0.05) is 6.54 Å². The first-order valence-corrected chi connectivity index (χ1v) is 7.05. The van der Waals surface area contributed by atoms with E-state index in [2.05, 4.69) is 0 Å². The molecule has 116 valence electrons. The highest BCUT2D eigenvalue weighted by atomic mass is 16.6. The number of rotatable bonds is 3. The molecule has 6 nitrogen and oxygen atoms in total. The van der Waals surface area contributed by atoms with E-state index in [9.17, 15) is 14.7 Å². The number of ether oxygens (including phenoxy) is 1. The number of Topliss-reactive ketones (excluding diaryl/α,β-unsaturated/α-hetero) is 1. The quantitative estimate of drug-likeness (QED) is 0.865. The van der Waals surface area contributed by atoms with Gasteiger partial charge in [0.25, 0.3) is 0 Å². The number of hydrogen-bond donors (Lipinski definition) is 1. The van der Waals surface area contributed by atoms with Crippen LogP contribution in [-0.4, -0.2) is 46.2 Å². The summed E-state index contributed by atoms with van der Waals surface area (Å²) in [7, 11) is 0. The minimum Gasteiger partial charge on any atom is -0.461 e. The highest BCUT2D eigenvalue weighted by Gasteiger charge is 2.40. The lowest BCUT2D eigenvalue weighted by molar-refractivity contribution is 0.00693. The Labute approximate surface area is 123 Å². The van der Waals surface area contributed by atoms with E-state index in [0.717, 1.165) is 6.42 Å². The average Bonchev–Trinajstić information content (AvgIpc) is 3.05. The summed E-state index contributed by atoms with van der Waals surface area (Å²) in [6.07, 6.45) is 0.863. The fourth-order valence-electron chi connectivity index (χ4n) is 2.41. The first kappa shape index (κ1) is 15.6. The van der Waals surface area contributed by atoms with Crippen LogP contribution in [0.2, 0.25) is 0 Å². The van der Waals surface area contributed by atoms with Crippen molar-refractivity contribution in [2.24, 2.45) is 0 Å². The molecule has 0 aromatic carbocycles. The Kier molecular flexibility index (Phi) is 4.37. The van der Waals surface area contributed by atoms with Gasteiger partial charge >= 0.3 is 6.09 Å². The molecule has 1 amide bonds. The maximum absolute atomic E-state index is 12.1. The number of hydrogen-bond acceptors (Lipinski definition) is 5. The van der Waals surface area contributed by atoms with Crippen molar-refractivity contribution in [1.82, 2.24) is 4.90 Å². The predicted octanol–water partition coefficient (Wildman–Crippen LogP) is 2.22. The monoisotopic (exact) mass is 295 g/mol. The molecule has 1 aliphatic heterocycles. The zero-order valence-corrected chi connectivity index (χ0v) is 12.5. The maximum atomic E-state index is 12.1. The van der Waals surface area contributed by atoms with Gasteiger partial charge in [-0.1, -0.05) is 0 Å². The highest BCUT2D eigenvalue weighted by molar-refractivity contribution is 5.97. The molecular formula is C15H21NO5. The summed E-state index contributed by atoms with van der Waals surface area (Å²) in [6.45, 7) is 5.81. The average molecular weight is 295 g/mol. The zero-order chi connectivity index (χ0) is 15.6. The fourth-order valence-corrected chi connectivity index (χ4v) is 2.41. The summed E-state index contributed by atoms with van der Waals surface area (Å²) < 4.78 is 10.3. The molecule has 0 spiro atoms. The van der Waals surface area contributed by atoms with Crippen molar-refractivity contribution < 1.29 is 23.8 Å². The van der Waals surface area contributed by atoms with Gasteiger partial charge in [-0.15, -0.1) is 0 Å². The van der Waals surface area contributed by atoms with Crippen molar-refractivity contribution in [1.29, 1.82) is 0 Å². The van der Waals surface area contributed by atoms with Crippen molar-refractivity contribution >= 4 is 11.9 Å². The van der Waals surface area contributed by atoms with Crippen LogP contribution in [0.4, 0.5) is 4.79 Å². The van der Waals surface area contributed by atoms with E-state index in [1.165, 1.54) is 17.2 Å². The molecule has 2 atom stereocenters. The summed E-state index contributed by atoms with van der Waals surface area (Å²) in [6, 6.07) is 2.51. The molecule has 2 rings (SSSR count). The summed E-state index contributed by atoms with van der Waals surface area (Å²) >= 11 is 0. The van der Waals surface area contributed by atoms with Gasteiger partial charge in [-0.3, -0.25) is 4.79 Å². The molecule has 2 heterocycles. The van der Waals surface area contributed by atoms with Gasteiger partial charge < -0.3 is 19.2 Å². The van der Waals surface area contributed by atoms with Crippen LogP contribution in [0.25, 0.3) is 0 Å². The number of ketones is 1. The van der Waals surface area contributed by atoms with Crippen molar-refractivity contribution in [3.05, 3.63) is 24.2 Å². The van der Waals surface area contributed by atoms with Gasteiger partial charge in [-0.25, -0.2) is 4.79 Å². The third-order valence-electron chi connectivity index (χ3n) is 3.32. The normalized spacial score (nSPS) is 20.4. The predicted molar refractivity (Wildman–Crippen MR) is 75.0 cm³/mol. The molecule has 1 aromatic heterocycles. The Hall–Kier alpha value is -1.82. The molecule has 1 aromatic rings. The molecule has 0 radical (unpaired) electrons. The molecule has 1 aliphatic rings. The zero-order valence-electron chi connectivity index (χ0n) is 12.5. The Morgan fingerprint density at radius 2 is 2.19 bits per heavy atom. The van der Waals surface area contributed by atoms with Crippen LogP contribution in [0.3, 0.4) is 0 Å². The first-order valence-electron chi connectivity index (χ1n) is 7.05. The second-order valence-corrected chi connectivity index (χ2v) is 6.17. The number of furan rings is 1. The fraction of sp³-hybridized carbons (Fsp3) is 0.600. The van der Waals surface area contributed by atoms with Gasteiger partial charge in [0.2, 0.25) is 5.78 Å². The van der Waals surface area contributed by atoms with Crippen LogP contribution in [0.1, 0.15) is 44.2 Å². The van der Waals surface area contributed by atoms with Gasteiger partial charge in [0.05, 0.1) is 12.3 Å². The number of amides is 1. The number of carbonyl (C=O) groups excluding carboxylic acids is 2. The van der Waals surface area contributed by atoms with E-state index >= 15 is 0 Å². The van der Waals surface area contributed by atoms with Crippen LogP contribution >= 0.6 is 0 Å². The summed E-state index contributed by atoms with van der Waals surface area (Å²) in [4.78, 5) is 25.7. The second kappa shape index (κ2) is 5.89. The minimum absolute atomic E-state index is 0.0959. The number of carbonyl (C=O) groups is 2. The summed E-state index contributed by atoms with van der Waals surface area (Å²) in [5.41, 5.74) is -0.611. The summed E-state index contributed by atoms with van der Waals surface area (Å²) in [5.74, 6) is -0.418. The highest BCUT2D eigenvalue weighted by Crippen LogP contribution is 2.24. The van der Waals surface area contributed by atoms with Crippen molar-refractivity contribution in [3.63, 3.8) is 0 Å². The van der Waals surface area contributed by atoms with Crippen LogP contribution in [0.5, 0.6) is 0 Å². The smallest absolute Gasteiger partial charge is 0.410 e. The Bertz CT molecular complexity index is 503. The molecule has 1 N–H and O–H groups in total. The molecule has 1 saturated heterocycles. The number of nitrogens with zero attached hydrogens (tertiary/aromatic N) is 1. The molecular weight excluding hydrogens is 274 g/mol. The maximum Gasteiger partial charge on any atom is 0.410 e. The van der Waals surface area contributed by atoms with Crippen molar-refractivity contribution in [2.45, 2.75) is 51.4 Å². The van der Waals surface area contributed by atoms with Crippen molar-refractivity contribution in [2.75, 3.05) is 6.54 Å². The van der Waals surface area contributed by atoms with E-state index < -0.39 is 29.6 Å². The van der Waals surface area contributed by atoms with E-state index in [1.54, 1.807) is 26.8 Å². The van der Waals surface area contributed by atoms with Crippen LogP contribution in [0, 0.1) is 0 Å². The van der Waals surface area contributed by atoms with Gasteiger partial charge in [-0.05, 0) is 45.7 Å². The summed E-state index contributed by atoms with van der Waals surface area (Å²) in [5, 5.41) is 10.2. The second-order valence-electron chi connectivity index (χ2n) is 6.17. The minimum atomic E-state index is -1.30. The van der Waals surface area contributed by atoms with Crippen LogP contribution in [0.15, 0.2) is 22.8 Å². The number of aliphatic hydroxyl groups is 1. The molecule has 6 heteroatoms. The lowest BCUT2D eigenvalue weighted by atomic mass is 10.0. The topological polar surface area (TPSA) is 80.0 Å². The standard InChI is InChI=1S/C15H21NO5/c1-15(2,3)21-14(19)16-8-4-6-10(16)12(17)13(18)11-7-5-9-20-11/h5,7,9-10,12,17H,4,6,8H2,1-3H3/t10-,12-/m0/s1. The molecule has 0 unspecified atom stereocenters. The van der Waals surface area contributed by atoms with E-state index in [4.69, 9.17) is 9.15 Å². The van der Waals surface area contributed by atoms with E-state index in [-0.39, 0.29) is 5.76 Å². The van der Waals surface area contributed by atoms with Gasteiger partial charge in [-0.2, -0.15) is 0 Å². The molecule has 0 aliphatic carbocycles. The molecule has 0 saturated carbocycles. The number of aliphatic hydroxyl groups excluding tert-OH is 1. The third kappa shape index (κ3) is 3.64. The Morgan fingerprint density at radius 1 is 1.48 bits per heavy atom. The van der Waals surface area contributed by atoms with Gasteiger partial charge in [0.15, 0.2) is 5.76 Å². The first-order chi connectivity index (χ1) is 9.79. The lowest BCUT2D eigenvalue weighted by Crippen LogP contribution is -2.47. The van der Waals surface area contributed by atoms with E-state index in [0.29, 0.717) is 13.0 Å². The van der Waals surface area contributed by atoms with Crippen LogP contribution in [-0.2, 0) is 4.74 Å². The van der Waals surface area contributed by atoms with E-state index in [1.807, 2.05) is 0 Å². The molecule has 21 heavy (non-hydrogen) atoms. The Morgan fingerprint density at radius 3 is 2.76 bits per heavy atom. The number of likely N-dealkylation sites (tertiary alicyclic amines) is 1.